The van der Waals surface area contributed by atoms with Crippen molar-refractivity contribution >= 4 is 5.91 Å². The third-order valence-corrected chi connectivity index (χ3v) is 3.45. The predicted molar refractivity (Wildman–Crippen MR) is 77.4 cm³/mol. The Hall–Kier alpha value is -1.39. The molecule has 0 fully saturated rings. The van der Waals surface area contributed by atoms with Crippen molar-refractivity contribution in [2.24, 2.45) is 0 Å². The molecule has 0 unspecified atom stereocenters. The fourth-order valence-electron chi connectivity index (χ4n) is 2.44. The normalized spacial score (nSPS) is 14.3. The molecule has 1 amide bonds. The standard InChI is InChI=1S/C15H23N3O/c1-18(2)10-4-8-17-15(19)14-6-3-5-12-11-16-9-7-13(12)14/h3,5-6,16H,4,7-11H2,1-2H3,(H,17,19). The molecule has 0 spiro atoms. The van der Waals surface area contributed by atoms with Crippen LogP contribution in [0, 0.1) is 0 Å². The molecular formula is C15H23N3O. The van der Waals surface area contributed by atoms with Crippen molar-refractivity contribution in [3.63, 3.8) is 0 Å². The molecule has 1 aromatic rings. The molecule has 1 aromatic carbocycles. The van der Waals surface area contributed by atoms with Gasteiger partial charge in [-0.1, -0.05) is 12.1 Å². The van der Waals surface area contributed by atoms with Crippen molar-refractivity contribution in [1.29, 1.82) is 0 Å². The van der Waals surface area contributed by atoms with E-state index >= 15 is 0 Å². The topological polar surface area (TPSA) is 44.4 Å². The van der Waals surface area contributed by atoms with Crippen LogP contribution in [-0.2, 0) is 13.0 Å². The molecule has 1 aliphatic heterocycles. The molecule has 1 heterocycles. The summed E-state index contributed by atoms with van der Waals surface area (Å²) in [5.41, 5.74) is 3.32. The second-order valence-electron chi connectivity index (χ2n) is 5.28. The number of nitrogens with one attached hydrogen (secondary N) is 2. The first kappa shape index (κ1) is 14.0. The lowest BCUT2D eigenvalue weighted by Gasteiger charge is -2.20. The van der Waals surface area contributed by atoms with Crippen molar-refractivity contribution in [3.8, 4) is 0 Å². The van der Waals surface area contributed by atoms with Crippen LogP contribution in [-0.4, -0.2) is 44.5 Å². The zero-order chi connectivity index (χ0) is 13.7. The highest BCUT2D eigenvalue weighted by Crippen LogP contribution is 2.18. The van der Waals surface area contributed by atoms with Gasteiger partial charge in [-0.3, -0.25) is 4.79 Å². The molecular weight excluding hydrogens is 238 g/mol. The van der Waals surface area contributed by atoms with E-state index in [1.807, 2.05) is 26.2 Å². The summed E-state index contributed by atoms with van der Waals surface area (Å²) in [7, 11) is 4.09. The molecule has 2 rings (SSSR count). The minimum absolute atomic E-state index is 0.0671. The van der Waals surface area contributed by atoms with Gasteiger partial charge in [0, 0.05) is 18.7 Å². The van der Waals surface area contributed by atoms with Gasteiger partial charge in [0.1, 0.15) is 0 Å². The second-order valence-corrected chi connectivity index (χ2v) is 5.28. The van der Waals surface area contributed by atoms with Gasteiger partial charge in [0.05, 0.1) is 0 Å². The molecule has 1 aliphatic rings. The maximum Gasteiger partial charge on any atom is 0.251 e. The average molecular weight is 261 g/mol. The van der Waals surface area contributed by atoms with Gasteiger partial charge in [0.2, 0.25) is 0 Å². The molecule has 0 aliphatic carbocycles. The maximum absolute atomic E-state index is 12.2. The van der Waals surface area contributed by atoms with E-state index < -0.39 is 0 Å². The molecule has 104 valence electrons. The highest BCUT2D eigenvalue weighted by atomic mass is 16.1. The van der Waals surface area contributed by atoms with Crippen LogP contribution >= 0.6 is 0 Å². The molecule has 0 aromatic heterocycles. The summed E-state index contributed by atoms with van der Waals surface area (Å²) in [4.78, 5) is 14.3. The van der Waals surface area contributed by atoms with Crippen LogP contribution in [0.4, 0.5) is 0 Å². The van der Waals surface area contributed by atoms with Crippen molar-refractivity contribution in [2.45, 2.75) is 19.4 Å². The molecule has 0 saturated heterocycles. The molecule has 0 bridgehead atoms. The van der Waals surface area contributed by atoms with Crippen LogP contribution in [0.25, 0.3) is 0 Å². The molecule has 4 heteroatoms. The lowest BCUT2D eigenvalue weighted by atomic mass is 9.95. The van der Waals surface area contributed by atoms with Crippen LogP contribution < -0.4 is 10.6 Å². The number of nitrogens with zero attached hydrogens (tertiary/aromatic N) is 1. The summed E-state index contributed by atoms with van der Waals surface area (Å²) in [5.74, 6) is 0.0671. The van der Waals surface area contributed by atoms with Gasteiger partial charge in [-0.15, -0.1) is 0 Å². The monoisotopic (exact) mass is 261 g/mol. The number of fused-ring (bicyclic) bond motifs is 1. The Labute approximate surface area is 115 Å². The van der Waals surface area contributed by atoms with Crippen LogP contribution in [0.3, 0.4) is 0 Å². The van der Waals surface area contributed by atoms with E-state index in [2.05, 4.69) is 21.6 Å². The number of hydrogen-bond acceptors (Lipinski definition) is 3. The highest BCUT2D eigenvalue weighted by molar-refractivity contribution is 5.96. The zero-order valence-corrected chi connectivity index (χ0v) is 11.8. The van der Waals surface area contributed by atoms with Crippen LogP contribution in [0.1, 0.15) is 27.9 Å². The number of amides is 1. The smallest absolute Gasteiger partial charge is 0.251 e. The van der Waals surface area contributed by atoms with E-state index in [1.54, 1.807) is 0 Å². The van der Waals surface area contributed by atoms with Crippen LogP contribution in [0.5, 0.6) is 0 Å². The summed E-state index contributed by atoms with van der Waals surface area (Å²) in [5, 5.41) is 6.35. The lowest BCUT2D eigenvalue weighted by molar-refractivity contribution is 0.0951. The third kappa shape index (κ3) is 3.78. The van der Waals surface area contributed by atoms with Gasteiger partial charge in [0.25, 0.3) is 5.91 Å². The fraction of sp³-hybridized carbons (Fsp3) is 0.533. The van der Waals surface area contributed by atoms with Crippen LogP contribution in [0.15, 0.2) is 18.2 Å². The van der Waals surface area contributed by atoms with Gasteiger partial charge in [-0.25, -0.2) is 0 Å². The Kier molecular flexibility index (Phi) is 4.93. The molecule has 19 heavy (non-hydrogen) atoms. The first-order valence-corrected chi connectivity index (χ1v) is 6.93. The number of hydrogen-bond donors (Lipinski definition) is 2. The highest BCUT2D eigenvalue weighted by Gasteiger charge is 2.16. The van der Waals surface area contributed by atoms with E-state index in [0.717, 1.165) is 44.6 Å². The van der Waals surface area contributed by atoms with E-state index in [1.165, 1.54) is 11.1 Å². The Bertz CT molecular complexity index is 443. The Morgan fingerprint density at radius 2 is 2.26 bits per heavy atom. The van der Waals surface area contributed by atoms with Crippen molar-refractivity contribution < 1.29 is 4.79 Å². The molecule has 0 atom stereocenters. The summed E-state index contributed by atoms with van der Waals surface area (Å²) in [6.45, 7) is 3.56. The molecule has 0 radical (unpaired) electrons. The van der Waals surface area contributed by atoms with Gasteiger partial charge in [0.15, 0.2) is 0 Å². The Morgan fingerprint density at radius 3 is 3.05 bits per heavy atom. The molecule has 0 saturated carbocycles. The summed E-state index contributed by atoms with van der Waals surface area (Å²) >= 11 is 0. The van der Waals surface area contributed by atoms with E-state index in [9.17, 15) is 4.79 Å². The van der Waals surface area contributed by atoms with Gasteiger partial charge in [-0.2, -0.15) is 0 Å². The lowest BCUT2D eigenvalue weighted by Crippen LogP contribution is -2.30. The summed E-state index contributed by atoms with van der Waals surface area (Å²) < 4.78 is 0. The van der Waals surface area contributed by atoms with Gasteiger partial charge < -0.3 is 15.5 Å². The number of carbonyl (C=O) groups is 1. The first-order chi connectivity index (χ1) is 9.18. The van der Waals surface area contributed by atoms with Crippen molar-refractivity contribution in [2.75, 3.05) is 33.7 Å². The average Bonchev–Trinajstić information content (AvgIpc) is 2.42. The SMILES string of the molecule is CN(C)CCCNC(=O)c1cccc2c1CCNC2. The minimum Gasteiger partial charge on any atom is -0.352 e. The molecule has 4 nitrogen and oxygen atoms in total. The minimum atomic E-state index is 0.0671. The fourth-order valence-corrected chi connectivity index (χ4v) is 2.44. The van der Waals surface area contributed by atoms with Gasteiger partial charge >= 0.3 is 0 Å². The number of benzene rings is 1. The maximum atomic E-state index is 12.2. The summed E-state index contributed by atoms with van der Waals surface area (Å²) in [6.07, 6.45) is 1.92. The second kappa shape index (κ2) is 6.68. The van der Waals surface area contributed by atoms with E-state index in [4.69, 9.17) is 0 Å². The van der Waals surface area contributed by atoms with Gasteiger partial charge in [-0.05, 0) is 57.2 Å². The Morgan fingerprint density at radius 1 is 1.42 bits per heavy atom. The quantitative estimate of drug-likeness (QED) is 0.778. The van der Waals surface area contributed by atoms with Crippen molar-refractivity contribution in [1.82, 2.24) is 15.5 Å². The third-order valence-electron chi connectivity index (χ3n) is 3.45. The van der Waals surface area contributed by atoms with E-state index in [-0.39, 0.29) is 5.91 Å². The largest absolute Gasteiger partial charge is 0.352 e. The van der Waals surface area contributed by atoms with E-state index in [0.29, 0.717) is 0 Å². The Balaban J connectivity index is 1.95. The number of carbonyl (C=O) groups excluding carboxylic acids is 1. The number of rotatable bonds is 5. The first-order valence-electron chi connectivity index (χ1n) is 6.93. The predicted octanol–water partition coefficient (Wildman–Crippen LogP) is 1.01. The summed E-state index contributed by atoms with van der Waals surface area (Å²) in [6, 6.07) is 6.01. The molecule has 2 N–H and O–H groups in total. The van der Waals surface area contributed by atoms with Crippen LogP contribution in [0.2, 0.25) is 0 Å². The zero-order valence-electron chi connectivity index (χ0n) is 11.8. The van der Waals surface area contributed by atoms with Crippen molar-refractivity contribution in [3.05, 3.63) is 34.9 Å².